The molecule has 4 nitrogen and oxygen atoms in total. The molecule has 1 N–H and O–H groups in total. The molecule has 0 radical (unpaired) electrons. The van der Waals surface area contributed by atoms with Crippen LogP contribution in [0.25, 0.3) is 0 Å². The van der Waals surface area contributed by atoms with Crippen molar-refractivity contribution in [3.05, 3.63) is 17.5 Å². The van der Waals surface area contributed by atoms with E-state index in [1.54, 1.807) is 0 Å². The third-order valence-corrected chi connectivity index (χ3v) is 2.66. The van der Waals surface area contributed by atoms with E-state index < -0.39 is 0 Å². The molecule has 0 fully saturated rings. The lowest BCUT2D eigenvalue weighted by atomic mass is 10.2. The highest BCUT2D eigenvalue weighted by Gasteiger charge is 2.06. The molecule has 0 saturated carbocycles. The molecule has 92 valence electrons. The maximum atomic E-state index is 4.43. The SMILES string of the molecule is CCc1cc(CNC(C)CN(C)C)n(C)n1. The lowest BCUT2D eigenvalue weighted by Crippen LogP contribution is -2.35. The predicted octanol–water partition coefficient (Wildman–Crippen LogP) is 1.02. The monoisotopic (exact) mass is 224 g/mol. The van der Waals surface area contributed by atoms with Crippen LogP contribution in [0.5, 0.6) is 0 Å². The molecule has 0 aliphatic carbocycles. The van der Waals surface area contributed by atoms with E-state index in [1.807, 2.05) is 11.7 Å². The zero-order valence-electron chi connectivity index (χ0n) is 11.1. The molecule has 1 heterocycles. The predicted molar refractivity (Wildman–Crippen MR) is 67.4 cm³/mol. The molecule has 0 aliphatic rings. The number of nitrogens with one attached hydrogen (secondary N) is 1. The van der Waals surface area contributed by atoms with Gasteiger partial charge in [-0.15, -0.1) is 0 Å². The van der Waals surface area contributed by atoms with E-state index in [0.29, 0.717) is 6.04 Å². The van der Waals surface area contributed by atoms with Gasteiger partial charge in [-0.2, -0.15) is 5.10 Å². The van der Waals surface area contributed by atoms with E-state index >= 15 is 0 Å². The Morgan fingerprint density at radius 2 is 2.19 bits per heavy atom. The molecule has 0 aliphatic heterocycles. The summed E-state index contributed by atoms with van der Waals surface area (Å²) in [5, 5.41) is 7.94. The van der Waals surface area contributed by atoms with Crippen LogP contribution in [0, 0.1) is 0 Å². The van der Waals surface area contributed by atoms with Crippen molar-refractivity contribution >= 4 is 0 Å². The molecule has 1 unspecified atom stereocenters. The fourth-order valence-corrected chi connectivity index (χ4v) is 1.80. The number of rotatable bonds is 6. The minimum absolute atomic E-state index is 0.495. The van der Waals surface area contributed by atoms with E-state index in [2.05, 4.69) is 49.3 Å². The summed E-state index contributed by atoms with van der Waals surface area (Å²) < 4.78 is 1.97. The number of hydrogen-bond donors (Lipinski definition) is 1. The van der Waals surface area contributed by atoms with Gasteiger partial charge in [0.1, 0.15) is 0 Å². The van der Waals surface area contributed by atoms with Crippen LogP contribution in [0.2, 0.25) is 0 Å². The minimum atomic E-state index is 0.495. The van der Waals surface area contributed by atoms with Crippen LogP contribution in [-0.2, 0) is 20.0 Å². The Kier molecular flexibility index (Phi) is 4.96. The number of likely N-dealkylation sites (N-methyl/N-ethyl adjacent to an activating group) is 1. The molecule has 0 amide bonds. The Labute approximate surface area is 98.6 Å². The van der Waals surface area contributed by atoms with Gasteiger partial charge in [0.25, 0.3) is 0 Å². The quantitative estimate of drug-likeness (QED) is 0.783. The molecule has 0 saturated heterocycles. The van der Waals surface area contributed by atoms with Crippen molar-refractivity contribution < 1.29 is 0 Å². The summed E-state index contributed by atoms with van der Waals surface area (Å²) in [6.07, 6.45) is 1.00. The molecule has 1 rings (SSSR count). The van der Waals surface area contributed by atoms with Crippen molar-refractivity contribution in [3.8, 4) is 0 Å². The van der Waals surface area contributed by atoms with Gasteiger partial charge in [-0.3, -0.25) is 4.68 Å². The van der Waals surface area contributed by atoms with Gasteiger partial charge in [0.15, 0.2) is 0 Å². The second-order valence-electron chi connectivity index (χ2n) is 4.65. The van der Waals surface area contributed by atoms with Crippen molar-refractivity contribution in [3.63, 3.8) is 0 Å². The molecule has 0 aromatic carbocycles. The van der Waals surface area contributed by atoms with Crippen LogP contribution in [0.15, 0.2) is 6.07 Å². The second-order valence-corrected chi connectivity index (χ2v) is 4.65. The third-order valence-electron chi connectivity index (χ3n) is 2.66. The summed E-state index contributed by atoms with van der Waals surface area (Å²) in [5.74, 6) is 0. The smallest absolute Gasteiger partial charge is 0.0625 e. The highest BCUT2D eigenvalue weighted by atomic mass is 15.3. The van der Waals surface area contributed by atoms with Crippen LogP contribution in [-0.4, -0.2) is 41.4 Å². The number of hydrogen-bond acceptors (Lipinski definition) is 3. The fraction of sp³-hybridized carbons (Fsp3) is 0.750. The van der Waals surface area contributed by atoms with E-state index in [4.69, 9.17) is 0 Å². The molecule has 1 aromatic rings. The first-order valence-corrected chi connectivity index (χ1v) is 5.92. The van der Waals surface area contributed by atoms with Crippen LogP contribution in [0.3, 0.4) is 0 Å². The Hall–Kier alpha value is -0.870. The molecule has 0 spiro atoms. The Bertz CT molecular complexity index is 317. The first kappa shape index (κ1) is 13.2. The van der Waals surface area contributed by atoms with Crippen molar-refractivity contribution in [2.45, 2.75) is 32.9 Å². The number of aromatic nitrogens is 2. The van der Waals surface area contributed by atoms with Crippen LogP contribution in [0.4, 0.5) is 0 Å². The van der Waals surface area contributed by atoms with Crippen molar-refractivity contribution in [1.29, 1.82) is 0 Å². The molecule has 16 heavy (non-hydrogen) atoms. The molecule has 1 atom stereocenters. The van der Waals surface area contributed by atoms with E-state index in [0.717, 1.165) is 19.5 Å². The molecule has 0 bridgehead atoms. The fourth-order valence-electron chi connectivity index (χ4n) is 1.80. The van der Waals surface area contributed by atoms with Gasteiger partial charge in [-0.05, 0) is 33.5 Å². The van der Waals surface area contributed by atoms with E-state index in [1.165, 1.54) is 11.4 Å². The average Bonchev–Trinajstić information content (AvgIpc) is 2.55. The summed E-state index contributed by atoms with van der Waals surface area (Å²) in [5.41, 5.74) is 2.42. The van der Waals surface area contributed by atoms with Gasteiger partial charge in [0.05, 0.1) is 11.4 Å². The average molecular weight is 224 g/mol. The first-order chi connectivity index (χ1) is 7.52. The maximum Gasteiger partial charge on any atom is 0.0625 e. The molecular weight excluding hydrogens is 200 g/mol. The van der Waals surface area contributed by atoms with Gasteiger partial charge >= 0.3 is 0 Å². The lowest BCUT2D eigenvalue weighted by molar-refractivity contribution is 0.347. The summed E-state index contributed by atoms with van der Waals surface area (Å²) >= 11 is 0. The highest BCUT2D eigenvalue weighted by molar-refractivity contribution is 5.09. The van der Waals surface area contributed by atoms with Crippen LogP contribution >= 0.6 is 0 Å². The molecule has 1 aromatic heterocycles. The third kappa shape index (κ3) is 3.94. The van der Waals surface area contributed by atoms with Gasteiger partial charge in [0, 0.05) is 26.2 Å². The minimum Gasteiger partial charge on any atom is -0.308 e. The Morgan fingerprint density at radius 3 is 2.69 bits per heavy atom. The summed E-state index contributed by atoms with van der Waals surface area (Å²) in [4.78, 5) is 2.19. The van der Waals surface area contributed by atoms with E-state index in [-0.39, 0.29) is 0 Å². The van der Waals surface area contributed by atoms with E-state index in [9.17, 15) is 0 Å². The zero-order valence-corrected chi connectivity index (χ0v) is 11.1. The zero-order chi connectivity index (χ0) is 12.1. The van der Waals surface area contributed by atoms with Crippen molar-refractivity contribution in [2.24, 2.45) is 7.05 Å². The normalized spacial score (nSPS) is 13.4. The summed E-state index contributed by atoms with van der Waals surface area (Å²) in [7, 11) is 6.20. The molecule has 4 heteroatoms. The first-order valence-electron chi connectivity index (χ1n) is 5.92. The van der Waals surface area contributed by atoms with Gasteiger partial charge in [-0.1, -0.05) is 6.92 Å². The van der Waals surface area contributed by atoms with Crippen LogP contribution in [0.1, 0.15) is 25.2 Å². The van der Waals surface area contributed by atoms with Gasteiger partial charge in [-0.25, -0.2) is 0 Å². The van der Waals surface area contributed by atoms with Gasteiger partial charge < -0.3 is 10.2 Å². The van der Waals surface area contributed by atoms with Crippen LogP contribution < -0.4 is 5.32 Å². The highest BCUT2D eigenvalue weighted by Crippen LogP contribution is 2.03. The standard InChI is InChI=1S/C12H24N4/c1-6-11-7-12(16(5)14-11)8-13-10(2)9-15(3)4/h7,10,13H,6,8-9H2,1-5H3. The largest absolute Gasteiger partial charge is 0.308 e. The number of aryl methyl sites for hydroxylation is 2. The Morgan fingerprint density at radius 1 is 1.50 bits per heavy atom. The molecular formula is C12H24N4. The maximum absolute atomic E-state index is 4.43. The summed E-state index contributed by atoms with van der Waals surface area (Å²) in [6, 6.07) is 2.67. The van der Waals surface area contributed by atoms with Gasteiger partial charge in [0.2, 0.25) is 0 Å². The van der Waals surface area contributed by atoms with Crippen molar-refractivity contribution in [2.75, 3.05) is 20.6 Å². The summed E-state index contributed by atoms with van der Waals surface area (Å²) in [6.45, 7) is 6.28. The Balaban J connectivity index is 2.44. The number of nitrogens with zero attached hydrogens (tertiary/aromatic N) is 3. The topological polar surface area (TPSA) is 33.1 Å². The van der Waals surface area contributed by atoms with Crippen molar-refractivity contribution in [1.82, 2.24) is 20.0 Å². The second kappa shape index (κ2) is 6.01. The lowest BCUT2D eigenvalue weighted by Gasteiger charge is -2.18.